The smallest absolute Gasteiger partial charge is 0.373 e. The lowest BCUT2D eigenvalue weighted by molar-refractivity contribution is -0.138. The first kappa shape index (κ1) is 16.7. The highest BCUT2D eigenvalue weighted by Crippen LogP contribution is 2.29. The number of carbonyl (C=O) groups is 1. The van der Waals surface area contributed by atoms with Gasteiger partial charge in [-0.2, -0.15) is 0 Å². The van der Waals surface area contributed by atoms with Crippen LogP contribution in [0.25, 0.3) is 11.1 Å². The maximum Gasteiger partial charge on any atom is 0.373 e. The zero-order valence-electron chi connectivity index (χ0n) is 12.9. The molecule has 0 aromatic heterocycles. The van der Waals surface area contributed by atoms with Gasteiger partial charge in [0.05, 0.1) is 13.7 Å². The summed E-state index contributed by atoms with van der Waals surface area (Å²) in [6.07, 6.45) is 1.21. The van der Waals surface area contributed by atoms with Crippen molar-refractivity contribution in [2.75, 3.05) is 13.7 Å². The lowest BCUT2D eigenvalue weighted by Gasteiger charge is -2.12. The molecule has 0 unspecified atom stereocenters. The molecule has 1 N–H and O–H groups in total. The van der Waals surface area contributed by atoms with E-state index in [1.807, 2.05) is 0 Å². The number of hydrogen-bond donors (Lipinski definition) is 1. The number of aliphatic hydroxyl groups excluding tert-OH is 1. The minimum absolute atomic E-state index is 0.121. The maximum absolute atomic E-state index is 13.9. The van der Waals surface area contributed by atoms with Gasteiger partial charge in [-0.25, -0.2) is 9.18 Å². The number of aryl methyl sites for hydroxylation is 1. The van der Waals surface area contributed by atoms with Gasteiger partial charge in [-0.15, -0.1) is 0 Å². The fourth-order valence-corrected chi connectivity index (χ4v) is 2.04. The minimum Gasteiger partial charge on any atom is -0.463 e. The molecular formula is C18H17FO4. The van der Waals surface area contributed by atoms with Crippen LogP contribution in [0, 0.1) is 12.7 Å². The Kier molecular flexibility index (Phi) is 5.49. The molecule has 5 heteroatoms. The Morgan fingerprint density at radius 1 is 1.26 bits per heavy atom. The predicted molar refractivity (Wildman–Crippen MR) is 84.4 cm³/mol. The molecule has 0 aliphatic heterocycles. The zero-order valence-corrected chi connectivity index (χ0v) is 12.9. The Labute approximate surface area is 133 Å². The van der Waals surface area contributed by atoms with E-state index in [1.165, 1.54) is 19.3 Å². The molecule has 2 aromatic rings. The van der Waals surface area contributed by atoms with Crippen LogP contribution in [0.3, 0.4) is 0 Å². The third kappa shape index (κ3) is 3.96. The first-order valence-corrected chi connectivity index (χ1v) is 6.99. The Balaban J connectivity index is 2.40. The standard InChI is InChI=1S/C18H17FO4/c1-12-7-8-13(14-5-3-4-6-15(14)19)11-17(12)23-16(9-10-20)18(21)22-2/h3-9,11,20H,10H2,1-2H3/b16-9-. The molecule has 120 valence electrons. The second-order valence-corrected chi connectivity index (χ2v) is 4.80. The van der Waals surface area contributed by atoms with E-state index in [0.717, 1.165) is 5.56 Å². The summed E-state index contributed by atoms with van der Waals surface area (Å²) in [6.45, 7) is 1.44. The van der Waals surface area contributed by atoms with Crippen molar-refractivity contribution in [2.45, 2.75) is 6.92 Å². The SMILES string of the molecule is COC(=O)/C(=C/CO)Oc1cc(-c2ccccc2F)ccc1C. The number of hydrogen-bond acceptors (Lipinski definition) is 4. The number of benzene rings is 2. The van der Waals surface area contributed by atoms with Crippen LogP contribution < -0.4 is 4.74 Å². The summed E-state index contributed by atoms with van der Waals surface area (Å²) in [5.41, 5.74) is 1.82. The number of carbonyl (C=O) groups excluding carboxylic acids is 1. The molecule has 0 radical (unpaired) electrons. The van der Waals surface area contributed by atoms with Gasteiger partial charge in [0.25, 0.3) is 0 Å². The van der Waals surface area contributed by atoms with Crippen LogP contribution in [0.15, 0.2) is 54.3 Å². The molecule has 0 atom stereocenters. The van der Waals surface area contributed by atoms with Gasteiger partial charge in [0, 0.05) is 5.56 Å². The molecule has 2 rings (SSSR count). The van der Waals surface area contributed by atoms with E-state index in [9.17, 15) is 9.18 Å². The second-order valence-electron chi connectivity index (χ2n) is 4.80. The number of esters is 1. The molecule has 0 bridgehead atoms. The van der Waals surface area contributed by atoms with E-state index in [1.54, 1.807) is 43.3 Å². The minimum atomic E-state index is -0.699. The van der Waals surface area contributed by atoms with Crippen molar-refractivity contribution < 1.29 is 23.8 Å². The van der Waals surface area contributed by atoms with Gasteiger partial charge >= 0.3 is 5.97 Å². The molecule has 0 saturated heterocycles. The highest BCUT2D eigenvalue weighted by atomic mass is 19.1. The van der Waals surface area contributed by atoms with Gasteiger partial charge in [0.2, 0.25) is 5.76 Å². The van der Waals surface area contributed by atoms with E-state index < -0.39 is 5.97 Å². The van der Waals surface area contributed by atoms with Crippen LogP contribution in [-0.4, -0.2) is 24.8 Å². The van der Waals surface area contributed by atoms with Crippen LogP contribution in [0.4, 0.5) is 4.39 Å². The number of ether oxygens (including phenoxy) is 2. The van der Waals surface area contributed by atoms with E-state index in [-0.39, 0.29) is 18.2 Å². The first-order chi connectivity index (χ1) is 11.1. The largest absolute Gasteiger partial charge is 0.463 e. The molecule has 0 amide bonds. The zero-order chi connectivity index (χ0) is 16.8. The molecule has 0 aliphatic carbocycles. The quantitative estimate of drug-likeness (QED) is 0.523. The lowest BCUT2D eigenvalue weighted by Crippen LogP contribution is -2.12. The fraction of sp³-hybridized carbons (Fsp3) is 0.167. The number of methoxy groups -OCH3 is 1. The first-order valence-electron chi connectivity index (χ1n) is 6.99. The van der Waals surface area contributed by atoms with E-state index in [2.05, 4.69) is 4.74 Å². The van der Waals surface area contributed by atoms with E-state index in [0.29, 0.717) is 16.9 Å². The lowest BCUT2D eigenvalue weighted by atomic mass is 10.0. The summed E-state index contributed by atoms with van der Waals surface area (Å²) in [4.78, 5) is 11.6. The van der Waals surface area contributed by atoms with E-state index >= 15 is 0 Å². The third-order valence-electron chi connectivity index (χ3n) is 3.26. The normalized spacial score (nSPS) is 11.2. The van der Waals surface area contributed by atoms with Crippen molar-refractivity contribution in [3.8, 4) is 16.9 Å². The van der Waals surface area contributed by atoms with Crippen molar-refractivity contribution in [3.05, 3.63) is 65.7 Å². The summed E-state index contributed by atoms with van der Waals surface area (Å²) in [5.74, 6) is -0.782. The van der Waals surface area contributed by atoms with Crippen molar-refractivity contribution >= 4 is 5.97 Å². The number of aliphatic hydroxyl groups is 1. The summed E-state index contributed by atoms with van der Waals surface area (Å²) in [6, 6.07) is 11.6. The topological polar surface area (TPSA) is 55.8 Å². The van der Waals surface area contributed by atoms with Gasteiger partial charge in [-0.05, 0) is 36.3 Å². The van der Waals surface area contributed by atoms with Crippen LogP contribution in [0.1, 0.15) is 5.56 Å². The molecule has 0 heterocycles. The van der Waals surface area contributed by atoms with Crippen molar-refractivity contribution in [3.63, 3.8) is 0 Å². The molecular weight excluding hydrogens is 299 g/mol. The second kappa shape index (κ2) is 7.56. The maximum atomic E-state index is 13.9. The molecule has 0 saturated carbocycles. The summed E-state index contributed by atoms with van der Waals surface area (Å²) in [5, 5.41) is 8.98. The van der Waals surface area contributed by atoms with Crippen LogP contribution in [0.2, 0.25) is 0 Å². The highest BCUT2D eigenvalue weighted by Gasteiger charge is 2.14. The summed E-state index contributed by atoms with van der Waals surface area (Å²) < 4.78 is 24.1. The highest BCUT2D eigenvalue weighted by molar-refractivity contribution is 5.86. The summed E-state index contributed by atoms with van der Waals surface area (Å²) >= 11 is 0. The molecule has 0 fully saturated rings. The van der Waals surface area contributed by atoms with Crippen molar-refractivity contribution in [2.24, 2.45) is 0 Å². The number of halogens is 1. The van der Waals surface area contributed by atoms with Gasteiger partial charge in [-0.3, -0.25) is 0 Å². The predicted octanol–water partition coefficient (Wildman–Crippen LogP) is 3.23. The molecule has 2 aromatic carbocycles. The monoisotopic (exact) mass is 316 g/mol. The summed E-state index contributed by atoms with van der Waals surface area (Å²) in [7, 11) is 1.22. The molecule has 0 spiro atoms. The molecule has 4 nitrogen and oxygen atoms in total. The van der Waals surface area contributed by atoms with Crippen molar-refractivity contribution in [1.29, 1.82) is 0 Å². The fourth-order valence-electron chi connectivity index (χ4n) is 2.04. The van der Waals surface area contributed by atoms with Gasteiger partial charge in [0.1, 0.15) is 11.6 Å². The van der Waals surface area contributed by atoms with E-state index in [4.69, 9.17) is 9.84 Å². The Morgan fingerprint density at radius 3 is 2.65 bits per heavy atom. The average molecular weight is 316 g/mol. The van der Waals surface area contributed by atoms with Crippen LogP contribution >= 0.6 is 0 Å². The Morgan fingerprint density at radius 2 is 2.00 bits per heavy atom. The van der Waals surface area contributed by atoms with Gasteiger partial charge in [-0.1, -0.05) is 30.3 Å². The van der Waals surface area contributed by atoms with Crippen LogP contribution in [0.5, 0.6) is 5.75 Å². The molecule has 23 heavy (non-hydrogen) atoms. The van der Waals surface area contributed by atoms with Crippen LogP contribution in [-0.2, 0) is 9.53 Å². The molecule has 0 aliphatic rings. The third-order valence-corrected chi connectivity index (χ3v) is 3.26. The Bertz CT molecular complexity index is 738. The van der Waals surface area contributed by atoms with Crippen molar-refractivity contribution in [1.82, 2.24) is 0 Å². The van der Waals surface area contributed by atoms with Gasteiger partial charge < -0.3 is 14.6 Å². The van der Waals surface area contributed by atoms with Gasteiger partial charge in [0.15, 0.2) is 0 Å². The average Bonchev–Trinajstić information content (AvgIpc) is 2.56. The number of rotatable bonds is 5. The Hall–Kier alpha value is -2.66.